The van der Waals surface area contributed by atoms with Crippen molar-refractivity contribution in [1.29, 1.82) is 0 Å². The molecule has 0 radical (unpaired) electrons. The highest BCUT2D eigenvalue weighted by molar-refractivity contribution is 6.17. The van der Waals surface area contributed by atoms with E-state index in [0.717, 1.165) is 61.4 Å². The van der Waals surface area contributed by atoms with Crippen LogP contribution in [0.1, 0.15) is 22.9 Å². The summed E-state index contributed by atoms with van der Waals surface area (Å²) < 4.78 is 6.22. The van der Waals surface area contributed by atoms with E-state index in [4.69, 9.17) is 14.4 Å². The van der Waals surface area contributed by atoms with Crippen molar-refractivity contribution in [2.45, 2.75) is 6.17 Å². The molecule has 0 spiro atoms. The number of furan rings is 1. The molecule has 0 amide bonds. The summed E-state index contributed by atoms with van der Waals surface area (Å²) in [7, 11) is 0. The van der Waals surface area contributed by atoms with Crippen LogP contribution in [0.5, 0.6) is 0 Å². The van der Waals surface area contributed by atoms with E-state index in [9.17, 15) is 0 Å². The van der Waals surface area contributed by atoms with Crippen LogP contribution in [0, 0.1) is 0 Å². The van der Waals surface area contributed by atoms with Gasteiger partial charge in [-0.25, -0.2) is 9.98 Å². The number of rotatable bonds is 5. The standard InChI is InChI=1S/C47H31N3O/c1-2-12-34-28-37(27-22-30(34)10-1)47-49-45(33-25-23-32(24-26-33)39-18-8-13-31-11-3-4-16-38(31)39)48-46(50-47)36-15-7-14-35(29-36)40-19-9-21-43-44(40)41-17-5-6-20-42(41)51-43/h1-29,45H,(H,48,49,50). The van der Waals surface area contributed by atoms with Crippen LogP contribution in [-0.4, -0.2) is 11.7 Å². The molecule has 4 heteroatoms. The number of nitrogens with zero attached hydrogens (tertiary/aromatic N) is 2. The smallest absolute Gasteiger partial charge is 0.169 e. The normalized spacial score (nSPS) is 14.5. The zero-order chi connectivity index (χ0) is 33.7. The van der Waals surface area contributed by atoms with Crippen molar-refractivity contribution < 1.29 is 4.42 Å². The van der Waals surface area contributed by atoms with Crippen LogP contribution < -0.4 is 5.32 Å². The highest BCUT2D eigenvalue weighted by atomic mass is 16.3. The summed E-state index contributed by atoms with van der Waals surface area (Å²) in [6.45, 7) is 0. The third-order valence-electron chi connectivity index (χ3n) is 9.92. The van der Waals surface area contributed by atoms with Crippen molar-refractivity contribution in [2.24, 2.45) is 9.98 Å². The van der Waals surface area contributed by atoms with Crippen LogP contribution in [0.4, 0.5) is 0 Å². The number of hydrogen-bond acceptors (Lipinski definition) is 4. The van der Waals surface area contributed by atoms with Crippen LogP contribution in [0.3, 0.4) is 0 Å². The maximum Gasteiger partial charge on any atom is 0.169 e. The number of benzene rings is 8. The third kappa shape index (κ3) is 5.17. The van der Waals surface area contributed by atoms with Gasteiger partial charge in [0.1, 0.15) is 22.8 Å². The Morgan fingerprint density at radius 3 is 1.88 bits per heavy atom. The summed E-state index contributed by atoms with van der Waals surface area (Å²) in [5, 5.41) is 10.7. The molecule has 1 aliphatic heterocycles. The summed E-state index contributed by atoms with van der Waals surface area (Å²) in [5.74, 6) is 1.57. The second-order valence-corrected chi connectivity index (χ2v) is 13.0. The van der Waals surface area contributed by atoms with Gasteiger partial charge in [0, 0.05) is 21.9 Å². The van der Waals surface area contributed by atoms with Gasteiger partial charge in [-0.3, -0.25) is 0 Å². The fraction of sp³-hybridized carbons (Fsp3) is 0.0213. The first kappa shape index (κ1) is 29.2. The van der Waals surface area contributed by atoms with Crippen molar-refractivity contribution in [3.05, 3.63) is 193 Å². The predicted molar refractivity (Wildman–Crippen MR) is 211 cm³/mol. The quantitative estimate of drug-likeness (QED) is 0.201. The van der Waals surface area contributed by atoms with Crippen LogP contribution >= 0.6 is 0 Å². The van der Waals surface area contributed by atoms with Crippen LogP contribution in [0.2, 0.25) is 0 Å². The molecule has 1 N–H and O–H groups in total. The Balaban J connectivity index is 1.07. The maximum atomic E-state index is 6.22. The van der Waals surface area contributed by atoms with E-state index >= 15 is 0 Å². The first-order valence-corrected chi connectivity index (χ1v) is 17.3. The molecule has 0 bridgehead atoms. The number of nitrogens with one attached hydrogen (secondary N) is 1. The number of amidine groups is 2. The van der Waals surface area contributed by atoms with Gasteiger partial charge < -0.3 is 9.73 Å². The predicted octanol–water partition coefficient (Wildman–Crippen LogP) is 11.7. The molecule has 1 aliphatic rings. The molecule has 0 aliphatic carbocycles. The Morgan fingerprint density at radius 1 is 0.412 bits per heavy atom. The minimum absolute atomic E-state index is 0.422. The summed E-state index contributed by atoms with van der Waals surface area (Å²) in [6.07, 6.45) is -0.422. The number of aliphatic imine (C=N–C) groups is 2. The van der Waals surface area contributed by atoms with Crippen molar-refractivity contribution in [2.75, 3.05) is 0 Å². The Kier molecular flexibility index (Phi) is 6.85. The van der Waals surface area contributed by atoms with Crippen LogP contribution in [-0.2, 0) is 0 Å². The van der Waals surface area contributed by atoms with Gasteiger partial charge in [-0.05, 0) is 73.6 Å². The van der Waals surface area contributed by atoms with Gasteiger partial charge in [-0.15, -0.1) is 0 Å². The summed E-state index contributed by atoms with van der Waals surface area (Å²) >= 11 is 0. The minimum Gasteiger partial charge on any atom is -0.456 e. The van der Waals surface area contributed by atoms with Gasteiger partial charge in [0.2, 0.25) is 0 Å². The average molecular weight is 654 g/mol. The van der Waals surface area contributed by atoms with E-state index in [0.29, 0.717) is 0 Å². The van der Waals surface area contributed by atoms with E-state index in [1.165, 1.54) is 32.7 Å². The molecule has 2 heterocycles. The maximum absolute atomic E-state index is 6.22. The number of hydrogen-bond donors (Lipinski definition) is 1. The Hall–Kier alpha value is -6.78. The van der Waals surface area contributed by atoms with E-state index in [1.54, 1.807) is 0 Å². The number of para-hydroxylation sites is 1. The zero-order valence-electron chi connectivity index (χ0n) is 27.6. The fourth-order valence-corrected chi connectivity index (χ4v) is 7.39. The van der Waals surface area contributed by atoms with Crippen LogP contribution in [0.25, 0.3) is 65.7 Å². The van der Waals surface area contributed by atoms with Crippen molar-refractivity contribution >= 4 is 55.2 Å². The molecule has 51 heavy (non-hydrogen) atoms. The van der Waals surface area contributed by atoms with Crippen molar-refractivity contribution in [3.8, 4) is 22.3 Å². The van der Waals surface area contributed by atoms with Crippen LogP contribution in [0.15, 0.2) is 190 Å². The average Bonchev–Trinajstić information content (AvgIpc) is 3.59. The lowest BCUT2D eigenvalue weighted by Crippen LogP contribution is -2.36. The molecular formula is C47H31N3O. The highest BCUT2D eigenvalue weighted by Crippen LogP contribution is 2.37. The molecular weight excluding hydrogens is 623 g/mol. The molecule has 0 saturated carbocycles. The first-order chi connectivity index (χ1) is 25.2. The Morgan fingerprint density at radius 2 is 1.02 bits per heavy atom. The monoisotopic (exact) mass is 653 g/mol. The first-order valence-electron chi connectivity index (χ1n) is 17.3. The lowest BCUT2D eigenvalue weighted by molar-refractivity contribution is 0.669. The van der Waals surface area contributed by atoms with Gasteiger partial charge in [-0.2, -0.15) is 0 Å². The van der Waals surface area contributed by atoms with E-state index < -0.39 is 6.17 Å². The highest BCUT2D eigenvalue weighted by Gasteiger charge is 2.22. The SMILES string of the molecule is c1cc(C2=NC(c3ccc(-c4cccc5ccccc45)cc3)N=C(c3ccc4ccccc4c3)N2)cc(-c2cccc3oc4ccccc4c23)c1. The van der Waals surface area contributed by atoms with Gasteiger partial charge in [-0.1, -0.05) is 152 Å². The molecule has 0 saturated heterocycles. The molecule has 1 unspecified atom stereocenters. The second-order valence-electron chi connectivity index (χ2n) is 13.0. The zero-order valence-corrected chi connectivity index (χ0v) is 27.6. The fourth-order valence-electron chi connectivity index (χ4n) is 7.39. The van der Waals surface area contributed by atoms with Gasteiger partial charge in [0.05, 0.1) is 0 Å². The molecule has 4 nitrogen and oxygen atoms in total. The topological polar surface area (TPSA) is 49.9 Å². The third-order valence-corrected chi connectivity index (χ3v) is 9.92. The molecule has 0 fully saturated rings. The molecule has 240 valence electrons. The lowest BCUT2D eigenvalue weighted by atomic mass is 9.97. The van der Waals surface area contributed by atoms with Crippen molar-refractivity contribution in [1.82, 2.24) is 5.32 Å². The van der Waals surface area contributed by atoms with Gasteiger partial charge in [0.25, 0.3) is 0 Å². The van der Waals surface area contributed by atoms with Gasteiger partial charge in [0.15, 0.2) is 6.17 Å². The minimum atomic E-state index is -0.422. The lowest BCUT2D eigenvalue weighted by Gasteiger charge is -2.23. The van der Waals surface area contributed by atoms with Gasteiger partial charge >= 0.3 is 0 Å². The van der Waals surface area contributed by atoms with Crippen molar-refractivity contribution in [3.63, 3.8) is 0 Å². The molecule has 1 atom stereocenters. The number of fused-ring (bicyclic) bond motifs is 5. The van der Waals surface area contributed by atoms with E-state index in [1.807, 2.05) is 18.2 Å². The largest absolute Gasteiger partial charge is 0.456 e. The van der Waals surface area contributed by atoms with E-state index in [-0.39, 0.29) is 0 Å². The summed E-state index contributed by atoms with van der Waals surface area (Å²) in [5.41, 5.74) is 9.41. The Bertz CT molecular complexity index is 2840. The molecule has 1 aromatic heterocycles. The second kappa shape index (κ2) is 12.0. The van der Waals surface area contributed by atoms with E-state index in [2.05, 4.69) is 163 Å². The molecule has 8 aromatic carbocycles. The summed E-state index contributed by atoms with van der Waals surface area (Å²) in [6, 6.07) is 61.7. The molecule has 10 rings (SSSR count). The molecule has 9 aromatic rings. The summed E-state index contributed by atoms with van der Waals surface area (Å²) in [4.78, 5) is 10.5. The Labute approximate surface area is 295 Å².